The first-order valence-corrected chi connectivity index (χ1v) is 42.6. The third kappa shape index (κ3) is 8.50. The summed E-state index contributed by atoms with van der Waals surface area (Å²) < 4.78 is 68.0. The topological polar surface area (TPSA) is 161 Å². The van der Waals surface area contributed by atoms with Crippen molar-refractivity contribution in [1.29, 1.82) is 0 Å². The van der Waals surface area contributed by atoms with Crippen LogP contribution in [0, 0.1) is 63.2 Å². The van der Waals surface area contributed by atoms with Crippen molar-refractivity contribution in [2.75, 3.05) is 0 Å². The smallest absolute Gasteiger partial charge is 0.197 e. The van der Waals surface area contributed by atoms with Gasteiger partial charge in [0, 0.05) is 91.6 Å². The van der Waals surface area contributed by atoms with Crippen molar-refractivity contribution < 1.29 is 55.9 Å². The highest BCUT2D eigenvalue weighted by Crippen LogP contribution is 2.76. The predicted octanol–water partition coefficient (Wildman–Crippen LogP) is 21.7. The molecule has 8 fully saturated rings. The standard InChI is InChI=1S/C85H66F4N2O8S6/c86-51-31-43-44(32-52(51)87)66(93)47(65(43)92)27-37-28-49-59(75-61(83(49)15-7-1-8-16-83)77-79(104-75)73-55(101-77)30-38(100-73)29-48-67(94)45-33-53(88)54(89)34-46(45)68(48)95)82(37)23-19-81(20-24-82)21-25-84(26-22-81)50-35-57(90-63-69(96)39-11-3-4-12-40(39)70(63)97)85(17-9-2-10-18-85)60(50)76-62(84)78-80(105-76)74-56(102-78)36-58(103-74)91-64-71(98)41-13-5-6-14-42(41)72(64)99/h27-36,39-42H,1-26H2. The molecule has 8 saturated carbocycles. The van der Waals surface area contributed by atoms with E-state index in [1.807, 2.05) is 17.4 Å². The third-order valence-corrected chi connectivity index (χ3v) is 35.9. The van der Waals surface area contributed by atoms with E-state index in [9.17, 15) is 47.1 Å². The summed E-state index contributed by atoms with van der Waals surface area (Å²) in [5.74, 6) is -8.81. The molecule has 0 saturated heterocycles. The van der Waals surface area contributed by atoms with Gasteiger partial charge in [-0.1, -0.05) is 70.3 Å². The number of hydrogen-bond acceptors (Lipinski definition) is 16. The fraction of sp³-hybridized carbons (Fsp3) is 0.412. The Balaban J connectivity index is 0.654. The van der Waals surface area contributed by atoms with Gasteiger partial charge < -0.3 is 0 Å². The van der Waals surface area contributed by atoms with Crippen molar-refractivity contribution in [2.45, 2.75) is 178 Å². The van der Waals surface area contributed by atoms with Gasteiger partial charge in [0.2, 0.25) is 0 Å². The van der Waals surface area contributed by atoms with E-state index in [4.69, 9.17) is 9.98 Å². The van der Waals surface area contributed by atoms with Crippen molar-refractivity contribution >= 4 is 186 Å². The lowest BCUT2D eigenvalue weighted by Gasteiger charge is -2.52. The molecule has 105 heavy (non-hydrogen) atoms. The number of benzene rings is 2. The molecule has 0 bridgehead atoms. The minimum absolute atomic E-state index is 0.0853. The van der Waals surface area contributed by atoms with Crippen LogP contribution in [0.25, 0.3) is 54.8 Å². The van der Waals surface area contributed by atoms with Crippen LogP contribution in [-0.2, 0) is 30.0 Å². The number of halogens is 4. The number of carbonyl (C=O) groups is 8. The third-order valence-electron chi connectivity index (χ3n) is 28.2. The highest BCUT2D eigenvalue weighted by atomic mass is 32.1. The summed E-state index contributed by atoms with van der Waals surface area (Å²) in [7, 11) is 0. The molecule has 20 heteroatoms. The molecular weight excluding hydrogens is 1450 g/mol. The summed E-state index contributed by atoms with van der Waals surface area (Å²) in [6.45, 7) is 0. The lowest BCUT2D eigenvalue weighted by Crippen LogP contribution is -2.41. The normalized spacial score (nSPS) is 29.1. The van der Waals surface area contributed by atoms with E-state index in [0.29, 0.717) is 9.88 Å². The van der Waals surface area contributed by atoms with Gasteiger partial charge >= 0.3 is 0 Å². The molecule has 0 N–H and O–H groups in total. The molecule has 14 aliphatic carbocycles. The molecule has 10 nitrogen and oxygen atoms in total. The van der Waals surface area contributed by atoms with Gasteiger partial charge in [-0.05, 0) is 202 Å². The largest absolute Gasteiger partial charge is 0.292 e. The van der Waals surface area contributed by atoms with Gasteiger partial charge in [0.25, 0.3) is 0 Å². The Labute approximate surface area is 623 Å². The van der Waals surface area contributed by atoms with Crippen LogP contribution in [0.1, 0.15) is 234 Å². The number of Topliss-reactive ketones (excluding diaryl/α,β-unsaturated/α-hetero) is 8. The monoisotopic (exact) mass is 1510 g/mol. The summed E-state index contributed by atoms with van der Waals surface area (Å²) >= 11 is 10.2. The van der Waals surface area contributed by atoms with Crippen molar-refractivity contribution in [3.05, 3.63) is 159 Å². The highest BCUT2D eigenvalue weighted by Gasteiger charge is 2.63. The molecule has 8 aromatic rings. The van der Waals surface area contributed by atoms with Gasteiger partial charge in [-0.25, -0.2) is 27.5 Å². The Bertz CT molecular complexity index is 5720. The number of thiophene rings is 6. The average molecular weight is 1510 g/mol. The Hall–Kier alpha value is -7.46. The number of carbonyl (C=O) groups excluding carboxylic acids is 8. The summed E-state index contributed by atoms with van der Waals surface area (Å²) in [6, 6.07) is 7.39. The fourth-order valence-electron chi connectivity index (χ4n) is 23.1. The van der Waals surface area contributed by atoms with E-state index >= 15 is 8.78 Å². The molecule has 6 heterocycles. The molecule has 0 amide bonds. The molecule has 0 aliphatic heterocycles. The maximum Gasteiger partial charge on any atom is 0.197 e. The zero-order valence-electron chi connectivity index (χ0n) is 57.1. The van der Waals surface area contributed by atoms with Crippen LogP contribution in [0.3, 0.4) is 0 Å². The predicted molar refractivity (Wildman–Crippen MR) is 405 cm³/mol. The maximum absolute atomic E-state index is 15.0. The van der Waals surface area contributed by atoms with Gasteiger partial charge in [0.1, 0.15) is 10.7 Å². The maximum atomic E-state index is 15.0. The van der Waals surface area contributed by atoms with Gasteiger partial charge in [-0.3, -0.25) is 38.4 Å². The minimum atomic E-state index is -1.19. The van der Waals surface area contributed by atoms with Gasteiger partial charge in [-0.15, -0.1) is 68.0 Å². The van der Waals surface area contributed by atoms with Crippen molar-refractivity contribution in [1.82, 2.24) is 0 Å². The number of ketones is 8. The number of nitrogens with zero attached hydrogens (tertiary/aromatic N) is 2. The van der Waals surface area contributed by atoms with Crippen LogP contribution in [0.15, 0.2) is 98.2 Å². The molecule has 4 unspecified atom stereocenters. The SMILES string of the molecule is O=C1C(=CC2=CC3=C(c4sc5c(sc6cc(C=C7C(=O)c8cc(F)c(F)cc8C7=O)sc65)c4C34CCCCC4)C23CCC2(CC3)CCC3(CC2)C2=C(c4sc5c(sc6cc(N=C7C(=O)C8CCCCC8C7=O)sc65)c43)C3(CCCCC3)C(N=C3C(=O)C4CCCCC4C3=O)=C2)C(=O)c2cc(F)c(F)cc21. The van der Waals surface area contributed by atoms with E-state index in [1.165, 1.54) is 68.6 Å². The first-order valence-electron chi connectivity index (χ1n) is 37.7. The Morgan fingerprint density at radius 2 is 0.781 bits per heavy atom. The zero-order chi connectivity index (χ0) is 71.0. The summed E-state index contributed by atoms with van der Waals surface area (Å²) in [6.07, 6.45) is 31.1. The van der Waals surface area contributed by atoms with Crippen LogP contribution < -0.4 is 0 Å². The van der Waals surface area contributed by atoms with Gasteiger partial charge in [0.15, 0.2) is 75.2 Å². The van der Waals surface area contributed by atoms with E-state index in [-0.39, 0.29) is 102 Å². The highest BCUT2D eigenvalue weighted by molar-refractivity contribution is 7.40. The van der Waals surface area contributed by atoms with E-state index in [1.54, 1.807) is 57.5 Å². The quantitative estimate of drug-likeness (QED) is 0.0956. The van der Waals surface area contributed by atoms with Crippen molar-refractivity contribution in [2.24, 2.45) is 49.9 Å². The molecule has 0 radical (unpaired) electrons. The Morgan fingerprint density at radius 1 is 0.371 bits per heavy atom. The van der Waals surface area contributed by atoms with Gasteiger partial charge in [0.05, 0.1) is 45.0 Å². The molecule has 4 atom stereocenters. The summed E-state index contributed by atoms with van der Waals surface area (Å²) in [5.41, 5.74) is 7.04. The first-order chi connectivity index (χ1) is 50.8. The van der Waals surface area contributed by atoms with E-state index < -0.39 is 62.6 Å². The second-order valence-electron chi connectivity index (χ2n) is 32.8. The fourth-order valence-corrected chi connectivity index (χ4v) is 32.1. The van der Waals surface area contributed by atoms with Crippen LogP contribution >= 0.6 is 68.0 Å². The second-order valence-corrected chi connectivity index (χ2v) is 39.1. The Morgan fingerprint density at radius 3 is 1.28 bits per heavy atom. The lowest BCUT2D eigenvalue weighted by molar-refractivity contribution is -0.120. The molecular formula is C85H66F4N2O8S6. The number of hydrogen-bond donors (Lipinski definition) is 0. The van der Waals surface area contributed by atoms with Crippen LogP contribution in [0.4, 0.5) is 22.6 Å². The minimum Gasteiger partial charge on any atom is -0.292 e. The number of aliphatic imine (C=N–C) groups is 2. The van der Waals surface area contributed by atoms with Crippen molar-refractivity contribution in [3.63, 3.8) is 0 Å². The second kappa shape index (κ2) is 22.4. The molecule has 2 aromatic carbocycles. The van der Waals surface area contributed by atoms with E-state index in [0.717, 1.165) is 226 Å². The molecule has 14 aliphatic rings. The van der Waals surface area contributed by atoms with Crippen LogP contribution in [-0.4, -0.2) is 57.7 Å². The lowest BCUT2D eigenvalue weighted by atomic mass is 9.52. The van der Waals surface area contributed by atoms with Crippen LogP contribution in [0.5, 0.6) is 0 Å². The summed E-state index contributed by atoms with van der Waals surface area (Å²) in [5, 5.41) is 0.676. The number of fused-ring (bicyclic) bond motifs is 22. The number of rotatable bonds is 4. The zero-order valence-corrected chi connectivity index (χ0v) is 62.0. The summed E-state index contributed by atoms with van der Waals surface area (Å²) in [4.78, 5) is 127. The molecule has 22 rings (SSSR count). The number of allylic oxidation sites excluding steroid dienone is 10. The molecule has 528 valence electrons. The van der Waals surface area contributed by atoms with E-state index in [2.05, 4.69) is 18.2 Å². The Kier molecular flexibility index (Phi) is 13.8. The molecule has 6 aromatic heterocycles. The van der Waals surface area contributed by atoms with Gasteiger partial charge in [-0.2, -0.15) is 0 Å². The van der Waals surface area contributed by atoms with Crippen LogP contribution in [0.2, 0.25) is 0 Å². The average Bonchev–Trinajstić information content (AvgIpc) is 1.50. The van der Waals surface area contributed by atoms with Crippen molar-refractivity contribution in [3.8, 4) is 0 Å². The first kappa shape index (κ1) is 64.7. The molecule has 5 spiro atoms.